The minimum atomic E-state index is -0.719. The first-order valence-electron chi connectivity index (χ1n) is 5.98. The number of pyridine rings is 1. The van der Waals surface area contributed by atoms with E-state index in [0.29, 0.717) is 0 Å². The fourth-order valence-electron chi connectivity index (χ4n) is 2.27. The van der Waals surface area contributed by atoms with Crippen LogP contribution in [0.5, 0.6) is 0 Å². The van der Waals surface area contributed by atoms with Gasteiger partial charge in [0.2, 0.25) is 0 Å². The normalized spacial score (nSPS) is 13.2. The molecule has 0 unspecified atom stereocenters. The number of carbonyl (C=O) groups is 2. The number of fused-ring (bicyclic) bond motifs is 1. The van der Waals surface area contributed by atoms with E-state index in [0.717, 1.165) is 10.6 Å². The summed E-state index contributed by atoms with van der Waals surface area (Å²) in [4.78, 5) is 35.8. The second-order valence-corrected chi connectivity index (χ2v) is 6.16. The lowest BCUT2D eigenvalue weighted by atomic mass is 10.1. The van der Waals surface area contributed by atoms with Crippen LogP contribution in [0.1, 0.15) is 20.7 Å². The number of halogens is 4. The van der Waals surface area contributed by atoms with E-state index in [1.165, 1.54) is 6.07 Å². The SMILES string of the molecule is Nc1c2c(cc(=O)n1-c1c(Cl)cc(Cl)c(Cl)c1Cl)C(=O)NC2=O. The molecule has 1 aliphatic rings. The number of amides is 2. The summed E-state index contributed by atoms with van der Waals surface area (Å²) < 4.78 is 0.907. The van der Waals surface area contributed by atoms with Gasteiger partial charge in [0, 0.05) is 6.07 Å². The van der Waals surface area contributed by atoms with Crippen molar-refractivity contribution >= 4 is 64.0 Å². The highest BCUT2D eigenvalue weighted by atomic mass is 35.5. The zero-order valence-electron chi connectivity index (χ0n) is 10.9. The Hall–Kier alpha value is -1.73. The highest BCUT2D eigenvalue weighted by Crippen LogP contribution is 2.40. The summed E-state index contributed by atoms with van der Waals surface area (Å²) in [5.41, 5.74) is 4.93. The quantitative estimate of drug-likeness (QED) is 0.443. The van der Waals surface area contributed by atoms with Gasteiger partial charge in [-0.05, 0) is 6.07 Å². The molecule has 1 aliphatic heterocycles. The molecule has 118 valence electrons. The second-order valence-electron chi connectivity index (χ2n) is 4.59. The molecule has 2 aromatic rings. The van der Waals surface area contributed by atoms with Crippen molar-refractivity contribution in [2.75, 3.05) is 5.73 Å². The maximum atomic E-state index is 12.4. The summed E-state index contributed by atoms with van der Waals surface area (Å²) >= 11 is 24.0. The molecular formula is C13H5Cl4N3O3. The lowest BCUT2D eigenvalue weighted by Crippen LogP contribution is -2.24. The van der Waals surface area contributed by atoms with Crippen LogP contribution in [0.3, 0.4) is 0 Å². The van der Waals surface area contributed by atoms with Crippen LogP contribution >= 0.6 is 46.4 Å². The molecule has 1 aromatic carbocycles. The third-order valence-electron chi connectivity index (χ3n) is 3.27. The number of imide groups is 1. The Bertz CT molecular complexity index is 968. The molecule has 3 N–H and O–H groups in total. The van der Waals surface area contributed by atoms with Crippen molar-refractivity contribution < 1.29 is 9.59 Å². The van der Waals surface area contributed by atoms with E-state index in [1.54, 1.807) is 0 Å². The first kappa shape index (κ1) is 16.1. The number of carbonyl (C=O) groups excluding carboxylic acids is 2. The van der Waals surface area contributed by atoms with E-state index in [4.69, 9.17) is 52.1 Å². The summed E-state index contributed by atoms with van der Waals surface area (Å²) in [5, 5.41) is 2.01. The summed E-state index contributed by atoms with van der Waals surface area (Å²) in [7, 11) is 0. The van der Waals surface area contributed by atoms with Crippen LogP contribution in [0.15, 0.2) is 16.9 Å². The monoisotopic (exact) mass is 391 g/mol. The van der Waals surface area contributed by atoms with E-state index < -0.39 is 17.4 Å². The molecule has 0 atom stereocenters. The average molecular weight is 393 g/mol. The van der Waals surface area contributed by atoms with Crippen molar-refractivity contribution in [1.82, 2.24) is 9.88 Å². The molecule has 0 bridgehead atoms. The third kappa shape index (κ3) is 2.30. The minimum Gasteiger partial charge on any atom is -0.384 e. The molecule has 0 saturated carbocycles. The number of anilines is 1. The van der Waals surface area contributed by atoms with Crippen LogP contribution in [0.4, 0.5) is 5.82 Å². The van der Waals surface area contributed by atoms with Gasteiger partial charge >= 0.3 is 0 Å². The second kappa shape index (κ2) is 5.42. The Morgan fingerprint density at radius 3 is 2.22 bits per heavy atom. The fourth-order valence-corrected chi connectivity index (χ4v) is 3.35. The Balaban J connectivity index is 2.43. The number of rotatable bonds is 1. The molecule has 6 nitrogen and oxygen atoms in total. The van der Waals surface area contributed by atoms with Gasteiger partial charge in [0.05, 0.1) is 36.9 Å². The summed E-state index contributed by atoms with van der Waals surface area (Å²) in [6.45, 7) is 0. The molecule has 0 fully saturated rings. The third-order valence-corrected chi connectivity index (χ3v) is 4.81. The zero-order valence-corrected chi connectivity index (χ0v) is 13.9. The van der Waals surface area contributed by atoms with Crippen molar-refractivity contribution in [3.8, 4) is 5.69 Å². The van der Waals surface area contributed by atoms with Crippen molar-refractivity contribution in [3.05, 3.63) is 53.7 Å². The highest BCUT2D eigenvalue weighted by molar-refractivity contribution is 6.50. The van der Waals surface area contributed by atoms with E-state index in [-0.39, 0.29) is 42.7 Å². The molecule has 0 saturated heterocycles. The van der Waals surface area contributed by atoms with E-state index in [2.05, 4.69) is 5.32 Å². The molecule has 1 aromatic heterocycles. The molecule has 2 amide bonds. The van der Waals surface area contributed by atoms with Gasteiger partial charge < -0.3 is 5.73 Å². The number of aromatic nitrogens is 1. The molecule has 3 rings (SSSR count). The smallest absolute Gasteiger partial charge is 0.262 e. The van der Waals surface area contributed by atoms with E-state index >= 15 is 0 Å². The largest absolute Gasteiger partial charge is 0.384 e. The molecule has 10 heteroatoms. The number of nitrogens with two attached hydrogens (primary N) is 1. The van der Waals surface area contributed by atoms with Gasteiger partial charge in [-0.25, -0.2) is 0 Å². The fraction of sp³-hybridized carbons (Fsp3) is 0. The van der Waals surface area contributed by atoms with E-state index in [1.807, 2.05) is 0 Å². The Kier molecular flexibility index (Phi) is 3.80. The van der Waals surface area contributed by atoms with Crippen molar-refractivity contribution in [3.63, 3.8) is 0 Å². The van der Waals surface area contributed by atoms with Crippen molar-refractivity contribution in [1.29, 1.82) is 0 Å². The maximum Gasteiger partial charge on any atom is 0.262 e. The topological polar surface area (TPSA) is 94.2 Å². The van der Waals surface area contributed by atoms with Gasteiger partial charge in [-0.1, -0.05) is 46.4 Å². The van der Waals surface area contributed by atoms with Gasteiger partial charge in [0.25, 0.3) is 17.4 Å². The van der Waals surface area contributed by atoms with Crippen LogP contribution in [0.2, 0.25) is 20.1 Å². The molecule has 0 spiro atoms. The number of hydrogen-bond acceptors (Lipinski definition) is 4. The predicted octanol–water partition coefficient (Wildman–Crippen LogP) is 2.92. The summed E-state index contributed by atoms with van der Waals surface area (Å²) in [6, 6.07) is 2.26. The van der Waals surface area contributed by atoms with Crippen LogP contribution < -0.4 is 16.6 Å². The first-order chi connectivity index (χ1) is 10.7. The Morgan fingerprint density at radius 1 is 0.913 bits per heavy atom. The van der Waals surface area contributed by atoms with Gasteiger partial charge in [-0.15, -0.1) is 0 Å². The Labute approximate surface area is 148 Å². The first-order valence-corrected chi connectivity index (χ1v) is 7.49. The van der Waals surface area contributed by atoms with Crippen LogP contribution in [-0.2, 0) is 0 Å². The molecule has 0 aliphatic carbocycles. The van der Waals surface area contributed by atoms with E-state index in [9.17, 15) is 14.4 Å². The average Bonchev–Trinajstić information content (AvgIpc) is 2.74. The maximum absolute atomic E-state index is 12.4. The lowest BCUT2D eigenvalue weighted by Gasteiger charge is -2.16. The minimum absolute atomic E-state index is 0.00267. The summed E-state index contributed by atoms with van der Waals surface area (Å²) in [5.74, 6) is -1.70. The number of nitrogens with one attached hydrogen (secondary N) is 1. The van der Waals surface area contributed by atoms with Gasteiger partial charge in [-0.2, -0.15) is 0 Å². The van der Waals surface area contributed by atoms with Gasteiger partial charge in [0.15, 0.2) is 0 Å². The lowest BCUT2D eigenvalue weighted by molar-refractivity contribution is 0.0880. The molecular weight excluding hydrogens is 388 g/mol. The van der Waals surface area contributed by atoms with Gasteiger partial charge in [0.1, 0.15) is 5.82 Å². The highest BCUT2D eigenvalue weighted by Gasteiger charge is 2.32. The number of hydrogen-bond donors (Lipinski definition) is 2. The number of nitrogen functional groups attached to an aromatic ring is 1. The van der Waals surface area contributed by atoms with Crippen LogP contribution in [-0.4, -0.2) is 16.4 Å². The number of nitrogens with zero attached hydrogens (tertiary/aromatic N) is 1. The van der Waals surface area contributed by atoms with Crippen LogP contribution in [0.25, 0.3) is 5.69 Å². The molecule has 23 heavy (non-hydrogen) atoms. The predicted molar refractivity (Wildman–Crippen MR) is 88.3 cm³/mol. The number of benzene rings is 1. The van der Waals surface area contributed by atoms with Gasteiger partial charge in [-0.3, -0.25) is 24.3 Å². The van der Waals surface area contributed by atoms with Crippen molar-refractivity contribution in [2.24, 2.45) is 0 Å². The Morgan fingerprint density at radius 2 is 1.57 bits per heavy atom. The molecule has 2 heterocycles. The van der Waals surface area contributed by atoms with Crippen LogP contribution in [0, 0.1) is 0 Å². The summed E-state index contributed by atoms with van der Waals surface area (Å²) in [6.07, 6.45) is 0. The standard InChI is InChI=1S/C13H5Cl4N3O3/c14-4-2-5(15)10(9(17)8(4)16)20-6(21)1-3-7(11(20)18)13(23)19-12(3)22/h1-2H,18H2,(H,19,22,23). The molecule has 0 radical (unpaired) electrons. The zero-order chi connectivity index (χ0) is 17.0. The van der Waals surface area contributed by atoms with Crippen molar-refractivity contribution in [2.45, 2.75) is 0 Å².